The highest BCUT2D eigenvalue weighted by atomic mass is 16.7. The van der Waals surface area contributed by atoms with E-state index in [0.717, 1.165) is 23.3 Å². The summed E-state index contributed by atoms with van der Waals surface area (Å²) in [6.07, 6.45) is 0.942. The topological polar surface area (TPSA) is 50.8 Å². The van der Waals surface area contributed by atoms with Crippen molar-refractivity contribution in [3.05, 3.63) is 29.6 Å². The Bertz CT molecular complexity index is 551. The molecule has 82 valence electrons. The smallest absolute Gasteiger partial charge is 0.143 e. The van der Waals surface area contributed by atoms with Crippen LogP contribution in [-0.2, 0) is 0 Å². The molecule has 0 saturated carbocycles. The first-order chi connectivity index (χ1) is 7.76. The molecule has 2 aromatic rings. The largest absolute Gasteiger partial charge is 0.412 e. The van der Waals surface area contributed by atoms with E-state index in [1.165, 1.54) is 0 Å². The van der Waals surface area contributed by atoms with Crippen LogP contribution in [0.3, 0.4) is 0 Å². The van der Waals surface area contributed by atoms with Crippen molar-refractivity contribution in [1.29, 1.82) is 5.26 Å². The molecule has 0 aliphatic rings. The third kappa shape index (κ3) is 1.72. The van der Waals surface area contributed by atoms with Gasteiger partial charge in [0.25, 0.3) is 0 Å². The minimum atomic E-state index is 0.619. The molecule has 2 rings (SSSR count). The first kappa shape index (κ1) is 10.5. The van der Waals surface area contributed by atoms with Crippen LogP contribution in [0.1, 0.15) is 24.7 Å². The highest BCUT2D eigenvalue weighted by Crippen LogP contribution is 2.16. The fourth-order valence-corrected chi connectivity index (χ4v) is 1.59. The molecular formula is C12H13N3O. The van der Waals surface area contributed by atoms with Crippen LogP contribution in [-0.4, -0.2) is 16.3 Å². The van der Waals surface area contributed by atoms with Gasteiger partial charge in [-0.1, -0.05) is 6.92 Å². The van der Waals surface area contributed by atoms with Crippen LogP contribution in [0.25, 0.3) is 11.0 Å². The molecule has 1 aromatic heterocycles. The summed E-state index contributed by atoms with van der Waals surface area (Å²) in [5.41, 5.74) is 2.33. The van der Waals surface area contributed by atoms with Gasteiger partial charge in [0.05, 0.1) is 17.1 Å². The Morgan fingerprint density at radius 3 is 3.00 bits per heavy atom. The van der Waals surface area contributed by atoms with Crippen LogP contribution in [0.4, 0.5) is 0 Å². The summed E-state index contributed by atoms with van der Waals surface area (Å²) >= 11 is 0. The van der Waals surface area contributed by atoms with Gasteiger partial charge in [-0.3, -0.25) is 0 Å². The zero-order valence-corrected chi connectivity index (χ0v) is 9.40. The highest BCUT2D eigenvalue weighted by Gasteiger charge is 2.08. The maximum absolute atomic E-state index is 8.85. The second kappa shape index (κ2) is 4.23. The minimum absolute atomic E-state index is 0.619. The maximum atomic E-state index is 8.85. The van der Waals surface area contributed by atoms with Crippen molar-refractivity contribution in [2.45, 2.75) is 20.3 Å². The van der Waals surface area contributed by atoms with Crippen molar-refractivity contribution in [3.8, 4) is 6.07 Å². The zero-order valence-electron chi connectivity index (χ0n) is 9.40. The van der Waals surface area contributed by atoms with Gasteiger partial charge in [-0.25, -0.2) is 4.98 Å². The molecule has 0 radical (unpaired) electrons. The molecule has 0 spiro atoms. The number of nitriles is 1. The van der Waals surface area contributed by atoms with E-state index in [1.807, 2.05) is 13.0 Å². The number of fused-ring (bicyclic) bond motifs is 1. The molecule has 0 saturated heterocycles. The molecule has 0 bridgehead atoms. The molecule has 0 aliphatic heterocycles. The Morgan fingerprint density at radius 2 is 2.31 bits per heavy atom. The summed E-state index contributed by atoms with van der Waals surface area (Å²) in [7, 11) is 0. The summed E-state index contributed by atoms with van der Waals surface area (Å²) in [6.45, 7) is 4.58. The summed E-state index contributed by atoms with van der Waals surface area (Å²) in [4.78, 5) is 9.95. The van der Waals surface area contributed by atoms with Crippen molar-refractivity contribution >= 4 is 11.0 Å². The first-order valence-electron chi connectivity index (χ1n) is 5.28. The number of rotatable bonds is 3. The first-order valence-corrected chi connectivity index (χ1v) is 5.28. The van der Waals surface area contributed by atoms with E-state index in [2.05, 4.69) is 18.0 Å². The normalized spacial score (nSPS) is 10.3. The third-order valence-corrected chi connectivity index (χ3v) is 2.32. The lowest BCUT2D eigenvalue weighted by Gasteiger charge is -2.07. The van der Waals surface area contributed by atoms with Crippen LogP contribution >= 0.6 is 0 Å². The number of hydrogen-bond acceptors (Lipinski definition) is 3. The van der Waals surface area contributed by atoms with Gasteiger partial charge in [-0.05, 0) is 31.5 Å². The molecule has 0 aliphatic carbocycles. The average molecular weight is 215 g/mol. The second-order valence-corrected chi connectivity index (χ2v) is 3.60. The molecule has 0 unspecified atom stereocenters. The molecule has 0 amide bonds. The molecule has 4 nitrogen and oxygen atoms in total. The lowest BCUT2D eigenvalue weighted by atomic mass is 10.2. The van der Waals surface area contributed by atoms with Crippen LogP contribution in [0.15, 0.2) is 18.2 Å². The number of imidazole rings is 1. The lowest BCUT2D eigenvalue weighted by Crippen LogP contribution is -2.13. The SMILES string of the molecule is CCCOn1c(C)nc2ccc(C#N)cc21. The number of hydrogen-bond donors (Lipinski definition) is 0. The molecule has 0 fully saturated rings. The summed E-state index contributed by atoms with van der Waals surface area (Å²) in [5.74, 6) is 0.804. The van der Waals surface area contributed by atoms with Crippen LogP contribution in [0, 0.1) is 18.3 Å². The number of aryl methyl sites for hydroxylation is 1. The van der Waals surface area contributed by atoms with E-state index in [9.17, 15) is 0 Å². The monoisotopic (exact) mass is 215 g/mol. The summed E-state index contributed by atoms with van der Waals surface area (Å²) < 4.78 is 1.69. The standard InChI is InChI=1S/C12H13N3O/c1-3-6-16-15-9(2)14-11-5-4-10(8-13)7-12(11)15/h4-5,7H,3,6H2,1-2H3. The van der Waals surface area contributed by atoms with Crippen LogP contribution in [0.5, 0.6) is 0 Å². The Kier molecular flexibility index (Phi) is 2.78. The summed E-state index contributed by atoms with van der Waals surface area (Å²) in [6, 6.07) is 7.51. The second-order valence-electron chi connectivity index (χ2n) is 3.60. The predicted octanol–water partition coefficient (Wildman–Crippen LogP) is 2.05. The Balaban J connectivity index is 2.53. The van der Waals surface area contributed by atoms with E-state index in [0.29, 0.717) is 12.2 Å². The Labute approximate surface area is 94.0 Å². The van der Waals surface area contributed by atoms with E-state index >= 15 is 0 Å². The highest BCUT2D eigenvalue weighted by molar-refractivity contribution is 5.77. The summed E-state index contributed by atoms with van der Waals surface area (Å²) in [5, 5.41) is 8.85. The predicted molar refractivity (Wildman–Crippen MR) is 60.9 cm³/mol. The molecule has 0 atom stereocenters. The van der Waals surface area contributed by atoms with E-state index < -0.39 is 0 Å². The average Bonchev–Trinajstić information content (AvgIpc) is 2.61. The van der Waals surface area contributed by atoms with Crippen molar-refractivity contribution in [2.24, 2.45) is 0 Å². The quantitative estimate of drug-likeness (QED) is 0.787. The van der Waals surface area contributed by atoms with Gasteiger partial charge in [-0.2, -0.15) is 9.99 Å². The number of nitrogens with zero attached hydrogens (tertiary/aromatic N) is 3. The van der Waals surface area contributed by atoms with Crippen molar-refractivity contribution in [2.75, 3.05) is 6.61 Å². The van der Waals surface area contributed by atoms with Gasteiger partial charge in [0.2, 0.25) is 0 Å². The Morgan fingerprint density at radius 1 is 1.50 bits per heavy atom. The van der Waals surface area contributed by atoms with Gasteiger partial charge < -0.3 is 4.84 Å². The lowest BCUT2D eigenvalue weighted by molar-refractivity contribution is 0.114. The van der Waals surface area contributed by atoms with Crippen LogP contribution < -0.4 is 4.84 Å². The Hall–Kier alpha value is -2.02. The molecular weight excluding hydrogens is 202 g/mol. The molecule has 4 heteroatoms. The molecule has 1 aromatic carbocycles. The minimum Gasteiger partial charge on any atom is -0.412 e. The zero-order chi connectivity index (χ0) is 11.5. The van der Waals surface area contributed by atoms with E-state index in [4.69, 9.17) is 10.1 Å². The fraction of sp³-hybridized carbons (Fsp3) is 0.333. The van der Waals surface area contributed by atoms with E-state index in [-0.39, 0.29) is 0 Å². The van der Waals surface area contributed by atoms with Crippen molar-refractivity contribution < 1.29 is 4.84 Å². The van der Waals surface area contributed by atoms with Crippen molar-refractivity contribution in [1.82, 2.24) is 9.71 Å². The third-order valence-electron chi connectivity index (χ3n) is 2.32. The molecule has 16 heavy (non-hydrogen) atoms. The van der Waals surface area contributed by atoms with Gasteiger partial charge >= 0.3 is 0 Å². The van der Waals surface area contributed by atoms with Gasteiger partial charge in [0.1, 0.15) is 17.9 Å². The van der Waals surface area contributed by atoms with Crippen molar-refractivity contribution in [3.63, 3.8) is 0 Å². The fourth-order valence-electron chi connectivity index (χ4n) is 1.59. The van der Waals surface area contributed by atoms with Gasteiger partial charge in [0.15, 0.2) is 0 Å². The van der Waals surface area contributed by atoms with Gasteiger partial charge in [0, 0.05) is 0 Å². The molecule has 1 heterocycles. The number of aromatic nitrogens is 2. The van der Waals surface area contributed by atoms with Crippen LogP contribution in [0.2, 0.25) is 0 Å². The number of benzene rings is 1. The maximum Gasteiger partial charge on any atom is 0.143 e. The van der Waals surface area contributed by atoms with Gasteiger partial charge in [-0.15, -0.1) is 0 Å². The van der Waals surface area contributed by atoms with E-state index in [1.54, 1.807) is 16.9 Å². The molecule has 0 N–H and O–H groups in total.